The standard InChI is InChI=1S/C18H22N2O4/c1-11-15(21)7-6-13-12(9-16(22)24-17(11)13)10-20-8-4-5-14(20)18(23)19(2)3/h6-7,9,14,21H,4-5,8,10H2,1-3H3/t14-/m1/s1. The first kappa shape index (κ1) is 16.5. The van der Waals surface area contributed by atoms with Crippen LogP contribution in [-0.2, 0) is 11.3 Å². The summed E-state index contributed by atoms with van der Waals surface area (Å²) in [5.41, 5.74) is 1.34. The third kappa shape index (κ3) is 2.89. The molecule has 0 saturated carbocycles. The molecule has 1 aliphatic rings. The highest BCUT2D eigenvalue weighted by Gasteiger charge is 2.32. The number of phenols is 1. The van der Waals surface area contributed by atoms with Crippen molar-refractivity contribution in [3.63, 3.8) is 0 Å². The summed E-state index contributed by atoms with van der Waals surface area (Å²) >= 11 is 0. The number of hydrogen-bond acceptors (Lipinski definition) is 5. The van der Waals surface area contributed by atoms with Crippen LogP contribution in [0.1, 0.15) is 24.0 Å². The van der Waals surface area contributed by atoms with Crippen LogP contribution in [0.25, 0.3) is 11.0 Å². The molecule has 0 aliphatic carbocycles. The number of carbonyl (C=O) groups is 1. The van der Waals surface area contributed by atoms with E-state index >= 15 is 0 Å². The van der Waals surface area contributed by atoms with Gasteiger partial charge in [0.1, 0.15) is 11.3 Å². The van der Waals surface area contributed by atoms with Crippen LogP contribution in [0.2, 0.25) is 0 Å². The molecule has 0 unspecified atom stereocenters. The Morgan fingerprint density at radius 3 is 2.88 bits per heavy atom. The first-order valence-electron chi connectivity index (χ1n) is 8.09. The van der Waals surface area contributed by atoms with Gasteiger partial charge in [-0.3, -0.25) is 9.69 Å². The van der Waals surface area contributed by atoms with Crippen LogP contribution in [0.15, 0.2) is 27.4 Å². The van der Waals surface area contributed by atoms with Crippen molar-refractivity contribution in [3.05, 3.63) is 39.7 Å². The van der Waals surface area contributed by atoms with E-state index in [9.17, 15) is 14.7 Å². The first-order chi connectivity index (χ1) is 11.4. The van der Waals surface area contributed by atoms with Gasteiger partial charge in [-0.05, 0) is 44.0 Å². The van der Waals surface area contributed by atoms with Crippen molar-refractivity contribution < 1.29 is 14.3 Å². The third-order valence-electron chi connectivity index (χ3n) is 4.68. The normalized spacial score (nSPS) is 18.2. The van der Waals surface area contributed by atoms with E-state index in [4.69, 9.17) is 4.42 Å². The number of carbonyl (C=O) groups excluding carboxylic acids is 1. The number of fused-ring (bicyclic) bond motifs is 1. The minimum absolute atomic E-state index is 0.0913. The average molecular weight is 330 g/mol. The Kier molecular flexibility index (Phi) is 4.32. The van der Waals surface area contributed by atoms with Gasteiger partial charge in [-0.1, -0.05) is 0 Å². The molecule has 1 fully saturated rings. The molecular formula is C18H22N2O4. The third-order valence-corrected chi connectivity index (χ3v) is 4.68. The zero-order chi connectivity index (χ0) is 17.4. The predicted molar refractivity (Wildman–Crippen MR) is 91.0 cm³/mol. The van der Waals surface area contributed by atoms with Crippen LogP contribution in [0.3, 0.4) is 0 Å². The van der Waals surface area contributed by atoms with E-state index in [1.54, 1.807) is 38.1 Å². The van der Waals surface area contributed by atoms with Gasteiger partial charge in [0.05, 0.1) is 6.04 Å². The van der Waals surface area contributed by atoms with Crippen molar-refractivity contribution >= 4 is 16.9 Å². The number of rotatable bonds is 3. The summed E-state index contributed by atoms with van der Waals surface area (Å²) in [7, 11) is 3.52. The number of hydrogen-bond donors (Lipinski definition) is 1. The Balaban J connectivity index is 2.00. The second kappa shape index (κ2) is 6.28. The maximum Gasteiger partial charge on any atom is 0.336 e. The average Bonchev–Trinajstić information content (AvgIpc) is 2.98. The lowest BCUT2D eigenvalue weighted by Gasteiger charge is -2.26. The zero-order valence-electron chi connectivity index (χ0n) is 14.2. The van der Waals surface area contributed by atoms with Crippen molar-refractivity contribution in [2.75, 3.05) is 20.6 Å². The van der Waals surface area contributed by atoms with Crippen LogP contribution in [0, 0.1) is 6.92 Å². The summed E-state index contributed by atoms with van der Waals surface area (Å²) in [5, 5.41) is 10.6. The van der Waals surface area contributed by atoms with E-state index in [1.165, 1.54) is 6.07 Å². The van der Waals surface area contributed by atoms with Gasteiger partial charge in [0, 0.05) is 37.7 Å². The molecule has 0 spiro atoms. The molecule has 2 aromatic rings. The molecule has 24 heavy (non-hydrogen) atoms. The molecule has 0 bridgehead atoms. The highest BCUT2D eigenvalue weighted by Crippen LogP contribution is 2.29. The highest BCUT2D eigenvalue weighted by molar-refractivity contribution is 5.85. The summed E-state index contributed by atoms with van der Waals surface area (Å²) in [6.07, 6.45) is 1.79. The Hall–Kier alpha value is -2.34. The molecule has 128 valence electrons. The summed E-state index contributed by atoms with van der Waals surface area (Å²) < 4.78 is 5.28. The largest absolute Gasteiger partial charge is 0.508 e. The number of likely N-dealkylation sites (tertiary alicyclic amines) is 1. The minimum atomic E-state index is -0.444. The number of aryl methyl sites for hydroxylation is 1. The van der Waals surface area contributed by atoms with Gasteiger partial charge in [-0.25, -0.2) is 4.79 Å². The molecule has 1 saturated heterocycles. The van der Waals surface area contributed by atoms with E-state index in [0.29, 0.717) is 17.7 Å². The molecule has 1 aromatic heterocycles. The van der Waals surface area contributed by atoms with Gasteiger partial charge in [0.2, 0.25) is 5.91 Å². The summed E-state index contributed by atoms with van der Waals surface area (Å²) in [5.74, 6) is 0.193. The molecule has 1 aromatic carbocycles. The van der Waals surface area contributed by atoms with E-state index in [1.807, 2.05) is 0 Å². The van der Waals surface area contributed by atoms with Crippen LogP contribution in [0.5, 0.6) is 5.75 Å². The predicted octanol–water partition coefficient (Wildman–Crippen LogP) is 1.86. The maximum absolute atomic E-state index is 12.3. The van der Waals surface area contributed by atoms with E-state index < -0.39 is 5.63 Å². The summed E-state index contributed by atoms with van der Waals surface area (Å²) in [6.45, 7) is 3.05. The quantitative estimate of drug-likeness (QED) is 0.870. The first-order valence-corrected chi connectivity index (χ1v) is 8.09. The van der Waals surface area contributed by atoms with Crippen LogP contribution in [-0.4, -0.2) is 47.5 Å². The number of benzene rings is 1. The van der Waals surface area contributed by atoms with Crippen molar-refractivity contribution in [1.29, 1.82) is 0 Å². The van der Waals surface area contributed by atoms with Crippen LogP contribution >= 0.6 is 0 Å². The fourth-order valence-electron chi connectivity index (χ4n) is 3.36. The molecule has 2 heterocycles. The van der Waals surface area contributed by atoms with Crippen LogP contribution < -0.4 is 5.63 Å². The Morgan fingerprint density at radius 2 is 2.17 bits per heavy atom. The molecule has 6 heteroatoms. The monoisotopic (exact) mass is 330 g/mol. The van der Waals surface area contributed by atoms with Crippen molar-refractivity contribution in [2.45, 2.75) is 32.4 Å². The van der Waals surface area contributed by atoms with E-state index in [-0.39, 0.29) is 17.7 Å². The second-order valence-electron chi connectivity index (χ2n) is 6.54. The Bertz CT molecular complexity index is 841. The lowest BCUT2D eigenvalue weighted by molar-refractivity contribution is -0.133. The lowest BCUT2D eigenvalue weighted by atomic mass is 10.1. The van der Waals surface area contributed by atoms with Crippen LogP contribution in [0.4, 0.5) is 0 Å². The maximum atomic E-state index is 12.3. The lowest BCUT2D eigenvalue weighted by Crippen LogP contribution is -2.42. The number of phenolic OH excluding ortho intramolecular Hbond substituents is 1. The zero-order valence-corrected chi connectivity index (χ0v) is 14.2. The Morgan fingerprint density at radius 1 is 1.42 bits per heavy atom. The van der Waals surface area contributed by atoms with E-state index in [0.717, 1.165) is 30.3 Å². The molecule has 3 rings (SSSR count). The van der Waals surface area contributed by atoms with Crippen molar-refractivity contribution in [2.24, 2.45) is 0 Å². The molecule has 1 amide bonds. The van der Waals surface area contributed by atoms with Gasteiger partial charge in [-0.15, -0.1) is 0 Å². The molecule has 6 nitrogen and oxygen atoms in total. The minimum Gasteiger partial charge on any atom is -0.508 e. The van der Waals surface area contributed by atoms with Gasteiger partial charge < -0.3 is 14.4 Å². The Labute approximate surface area is 140 Å². The van der Waals surface area contributed by atoms with E-state index in [2.05, 4.69) is 4.90 Å². The number of nitrogens with zero attached hydrogens (tertiary/aromatic N) is 2. The van der Waals surface area contributed by atoms with Gasteiger partial charge >= 0.3 is 5.63 Å². The summed E-state index contributed by atoms with van der Waals surface area (Å²) in [6, 6.07) is 4.69. The number of aromatic hydroxyl groups is 1. The van der Waals surface area contributed by atoms with Gasteiger partial charge in [0.25, 0.3) is 0 Å². The SMILES string of the molecule is Cc1c(O)ccc2c(CN3CCC[C@@H]3C(=O)N(C)C)cc(=O)oc12. The fraction of sp³-hybridized carbons (Fsp3) is 0.444. The van der Waals surface area contributed by atoms with Crippen molar-refractivity contribution in [1.82, 2.24) is 9.80 Å². The topological polar surface area (TPSA) is 74.0 Å². The molecule has 1 atom stereocenters. The summed E-state index contributed by atoms with van der Waals surface area (Å²) in [4.78, 5) is 28.0. The molecule has 1 aliphatic heterocycles. The fourth-order valence-corrected chi connectivity index (χ4v) is 3.36. The van der Waals surface area contributed by atoms with Gasteiger partial charge in [-0.2, -0.15) is 0 Å². The van der Waals surface area contributed by atoms with Gasteiger partial charge in [0.15, 0.2) is 0 Å². The number of likely N-dealkylation sites (N-methyl/N-ethyl adjacent to an activating group) is 1. The van der Waals surface area contributed by atoms with Crippen molar-refractivity contribution in [3.8, 4) is 5.75 Å². The number of amides is 1. The smallest absolute Gasteiger partial charge is 0.336 e. The second-order valence-corrected chi connectivity index (χ2v) is 6.54. The molecule has 1 N–H and O–H groups in total. The molecular weight excluding hydrogens is 308 g/mol. The molecule has 0 radical (unpaired) electrons. The highest BCUT2D eigenvalue weighted by atomic mass is 16.4.